The molecule has 0 aliphatic carbocycles. The third kappa shape index (κ3) is 7.98. The number of ether oxygens (including phenoxy) is 2. The zero-order valence-corrected chi connectivity index (χ0v) is 26.4. The van der Waals surface area contributed by atoms with Gasteiger partial charge in [-0.05, 0) is 54.4 Å². The van der Waals surface area contributed by atoms with Crippen molar-refractivity contribution in [2.75, 3.05) is 32.1 Å². The average Bonchev–Trinajstić information content (AvgIpc) is 3.06. The summed E-state index contributed by atoms with van der Waals surface area (Å²) in [7, 11) is -0.121. The average molecular weight is 634 g/mol. The van der Waals surface area contributed by atoms with Crippen LogP contribution in [0.3, 0.4) is 0 Å². The van der Waals surface area contributed by atoms with Crippen LogP contribution >= 0.6 is 0 Å². The number of rotatable bonds is 13. The van der Waals surface area contributed by atoms with Crippen molar-refractivity contribution in [3.63, 3.8) is 0 Å². The summed E-state index contributed by atoms with van der Waals surface area (Å²) < 4.78 is 53.8. The van der Waals surface area contributed by atoms with Crippen LogP contribution in [0.25, 0.3) is 0 Å². The summed E-state index contributed by atoms with van der Waals surface area (Å²) >= 11 is 0. The Bertz CT molecular complexity index is 1720. The monoisotopic (exact) mass is 633 g/mol. The van der Waals surface area contributed by atoms with E-state index in [0.717, 1.165) is 33.1 Å². The molecule has 0 unspecified atom stereocenters. The van der Waals surface area contributed by atoms with Crippen molar-refractivity contribution in [2.45, 2.75) is 30.8 Å². The molecule has 0 spiro atoms. The van der Waals surface area contributed by atoms with Gasteiger partial charge < -0.3 is 19.7 Å². The summed E-state index contributed by atoms with van der Waals surface area (Å²) in [6.07, 6.45) is 0.192. The van der Waals surface area contributed by atoms with E-state index in [1.807, 2.05) is 61.5 Å². The number of benzene rings is 4. The molecular formula is C34H36FN3O6S. The van der Waals surface area contributed by atoms with E-state index >= 15 is 0 Å². The van der Waals surface area contributed by atoms with Gasteiger partial charge in [0.1, 0.15) is 18.4 Å². The Hall–Kier alpha value is -4.90. The van der Waals surface area contributed by atoms with Crippen LogP contribution in [0.4, 0.5) is 10.1 Å². The lowest BCUT2D eigenvalue weighted by atomic mass is 10.0. The van der Waals surface area contributed by atoms with Crippen molar-refractivity contribution in [3.8, 4) is 11.5 Å². The molecule has 0 aliphatic rings. The second kappa shape index (κ2) is 14.7. The number of nitrogens with zero attached hydrogens (tertiary/aromatic N) is 2. The van der Waals surface area contributed by atoms with Crippen molar-refractivity contribution in [1.29, 1.82) is 0 Å². The smallest absolute Gasteiger partial charge is 0.264 e. The maximum atomic E-state index is 14.3. The number of carbonyl (C=O) groups excluding carboxylic acids is 2. The Labute approximate surface area is 263 Å². The van der Waals surface area contributed by atoms with Crippen LogP contribution in [-0.2, 0) is 32.6 Å². The molecule has 45 heavy (non-hydrogen) atoms. The Morgan fingerprint density at radius 1 is 0.844 bits per heavy atom. The molecule has 0 saturated heterocycles. The van der Waals surface area contributed by atoms with Gasteiger partial charge in [0.2, 0.25) is 11.8 Å². The highest BCUT2D eigenvalue weighted by Gasteiger charge is 2.34. The summed E-state index contributed by atoms with van der Waals surface area (Å²) in [4.78, 5) is 28.9. The van der Waals surface area contributed by atoms with Crippen LogP contribution in [0.2, 0.25) is 0 Å². The van der Waals surface area contributed by atoms with Gasteiger partial charge in [-0.25, -0.2) is 12.8 Å². The largest absolute Gasteiger partial charge is 0.493 e. The van der Waals surface area contributed by atoms with E-state index in [4.69, 9.17) is 9.47 Å². The van der Waals surface area contributed by atoms with Gasteiger partial charge in [0.15, 0.2) is 11.5 Å². The molecule has 4 rings (SSSR count). The van der Waals surface area contributed by atoms with Crippen molar-refractivity contribution >= 4 is 27.5 Å². The fraction of sp³-hybridized carbons (Fsp3) is 0.235. The number of nitrogens with one attached hydrogen (secondary N) is 1. The molecule has 0 aliphatic heterocycles. The van der Waals surface area contributed by atoms with Crippen molar-refractivity contribution in [3.05, 3.63) is 120 Å². The first-order chi connectivity index (χ1) is 21.6. The molecule has 0 heterocycles. The maximum absolute atomic E-state index is 14.3. The first-order valence-corrected chi connectivity index (χ1v) is 15.6. The first-order valence-electron chi connectivity index (χ1n) is 14.2. The highest BCUT2D eigenvalue weighted by molar-refractivity contribution is 7.92. The van der Waals surface area contributed by atoms with Gasteiger partial charge in [-0.2, -0.15) is 0 Å². The molecule has 0 aromatic heterocycles. The number of sulfonamides is 1. The Balaban J connectivity index is 1.80. The molecule has 4 aromatic rings. The van der Waals surface area contributed by atoms with Gasteiger partial charge in [0.05, 0.1) is 24.8 Å². The van der Waals surface area contributed by atoms with Crippen molar-refractivity contribution < 1.29 is 31.9 Å². The lowest BCUT2D eigenvalue weighted by Crippen LogP contribution is -2.53. The van der Waals surface area contributed by atoms with Crippen molar-refractivity contribution in [1.82, 2.24) is 10.2 Å². The molecule has 0 fully saturated rings. The molecular weight excluding hydrogens is 597 g/mol. The van der Waals surface area contributed by atoms with E-state index in [2.05, 4.69) is 5.32 Å². The lowest BCUT2D eigenvalue weighted by molar-refractivity contribution is -0.139. The van der Waals surface area contributed by atoms with Gasteiger partial charge >= 0.3 is 0 Å². The first kappa shape index (κ1) is 33.0. The number of anilines is 1. The number of aryl methyl sites for hydroxylation is 1. The minimum atomic E-state index is -4.41. The molecule has 1 N–H and O–H groups in total. The number of hydrogen-bond donors (Lipinski definition) is 1. The number of carbonyl (C=O) groups is 2. The van der Waals surface area contributed by atoms with E-state index in [1.165, 1.54) is 56.5 Å². The second-order valence-corrected chi connectivity index (χ2v) is 12.2. The minimum Gasteiger partial charge on any atom is -0.493 e. The lowest BCUT2D eigenvalue weighted by Gasteiger charge is -2.33. The predicted octanol–water partition coefficient (Wildman–Crippen LogP) is 4.73. The fourth-order valence-electron chi connectivity index (χ4n) is 4.85. The topological polar surface area (TPSA) is 105 Å². The third-order valence-electron chi connectivity index (χ3n) is 7.33. The Morgan fingerprint density at radius 3 is 2.09 bits per heavy atom. The molecule has 9 nitrogen and oxygen atoms in total. The van der Waals surface area contributed by atoms with Gasteiger partial charge in [0.25, 0.3) is 10.0 Å². The minimum absolute atomic E-state index is 0.0394. The molecule has 0 saturated carbocycles. The highest BCUT2D eigenvalue weighted by atomic mass is 32.2. The van der Waals surface area contributed by atoms with E-state index in [1.54, 1.807) is 0 Å². The summed E-state index contributed by atoms with van der Waals surface area (Å²) in [5.41, 5.74) is 2.66. The van der Waals surface area contributed by atoms with Gasteiger partial charge in [-0.1, -0.05) is 60.2 Å². The highest BCUT2D eigenvalue weighted by Crippen LogP contribution is 2.32. The molecule has 0 radical (unpaired) electrons. The molecule has 4 aromatic carbocycles. The molecule has 0 bridgehead atoms. The van der Waals surface area contributed by atoms with E-state index < -0.39 is 40.2 Å². The zero-order chi connectivity index (χ0) is 32.6. The van der Waals surface area contributed by atoms with Crippen LogP contribution in [0.5, 0.6) is 11.5 Å². The van der Waals surface area contributed by atoms with Gasteiger partial charge in [0, 0.05) is 26.1 Å². The SMILES string of the molecule is CNC(=O)[C@@H](Cc1ccccc1)N(Cc1ccc(C)cc1)C(=O)CN(c1ccc(F)cc1)S(=O)(=O)c1ccc(OC)c(OC)c1. The van der Waals surface area contributed by atoms with E-state index in [-0.39, 0.29) is 29.3 Å². The molecule has 1 atom stereocenters. The standard InChI is InChI=1S/C34H36FN3O6S/c1-24-10-12-26(13-11-24)22-37(30(34(40)36-2)20-25-8-6-5-7-9-25)33(39)23-38(28-16-14-27(35)15-17-28)45(41,42)29-18-19-31(43-3)32(21-29)44-4/h5-19,21,30H,20,22-23H2,1-4H3,(H,36,40)/t30-/m1/s1. The van der Waals surface area contributed by atoms with Crippen LogP contribution in [-0.4, -0.2) is 59.0 Å². The van der Waals surface area contributed by atoms with Crippen molar-refractivity contribution in [2.24, 2.45) is 0 Å². The van der Waals surface area contributed by atoms with Crippen LogP contribution in [0.1, 0.15) is 16.7 Å². The molecule has 2 amide bonds. The molecule has 11 heteroatoms. The van der Waals surface area contributed by atoms with E-state index in [0.29, 0.717) is 5.75 Å². The predicted molar refractivity (Wildman–Crippen MR) is 170 cm³/mol. The summed E-state index contributed by atoms with van der Waals surface area (Å²) in [6, 6.07) is 24.7. The normalized spacial score (nSPS) is 11.8. The molecule has 236 valence electrons. The number of likely N-dealkylation sites (N-methyl/N-ethyl adjacent to an activating group) is 1. The number of methoxy groups -OCH3 is 2. The maximum Gasteiger partial charge on any atom is 0.264 e. The van der Waals surface area contributed by atoms with Crippen LogP contribution in [0.15, 0.2) is 102 Å². The van der Waals surface area contributed by atoms with Gasteiger partial charge in [-0.3, -0.25) is 13.9 Å². The van der Waals surface area contributed by atoms with E-state index in [9.17, 15) is 22.4 Å². The Morgan fingerprint density at radius 2 is 1.49 bits per heavy atom. The quantitative estimate of drug-likeness (QED) is 0.228. The number of halogens is 1. The van der Waals surface area contributed by atoms with Crippen LogP contribution < -0.4 is 19.1 Å². The zero-order valence-electron chi connectivity index (χ0n) is 25.6. The summed E-state index contributed by atoms with van der Waals surface area (Å²) in [5.74, 6) is -1.12. The Kier molecular flexibility index (Phi) is 10.8. The summed E-state index contributed by atoms with van der Waals surface area (Å²) in [6.45, 7) is 1.31. The van der Waals surface area contributed by atoms with Gasteiger partial charge in [-0.15, -0.1) is 0 Å². The van der Waals surface area contributed by atoms with Crippen LogP contribution in [0, 0.1) is 12.7 Å². The fourth-order valence-corrected chi connectivity index (χ4v) is 6.28. The second-order valence-electron chi connectivity index (χ2n) is 10.3. The number of amides is 2. The number of hydrogen-bond acceptors (Lipinski definition) is 6. The third-order valence-corrected chi connectivity index (χ3v) is 9.10. The summed E-state index contributed by atoms with van der Waals surface area (Å²) in [5, 5.41) is 2.65.